The molecule has 1 heterocycles. The minimum atomic E-state index is 0. The fourth-order valence-electron chi connectivity index (χ4n) is 2.56. The summed E-state index contributed by atoms with van der Waals surface area (Å²) in [4.78, 5) is 5.54. The summed E-state index contributed by atoms with van der Waals surface area (Å²) in [5.74, 6) is 0. The highest BCUT2D eigenvalue weighted by molar-refractivity contribution is 5.85. The van der Waals surface area contributed by atoms with Crippen LogP contribution in [0.2, 0.25) is 0 Å². The smallest absolute Gasteiger partial charge is 0.157 e. The number of nitrogens with zero attached hydrogens (tertiary/aromatic N) is 1. The summed E-state index contributed by atoms with van der Waals surface area (Å²) < 4.78 is 0. The molecule has 1 aliphatic rings. The first-order valence-corrected chi connectivity index (χ1v) is 7.22. The maximum absolute atomic E-state index is 5.54. The molecule has 0 saturated carbocycles. The standard InChI is InChI=1S/C18H19NO.ClH/c1-3-8-15(9-4-1)10-7-13-17-14-18(20-19-17)16-11-5-2-6-12-16;/h1-6,8-9,11-12,18H,7,10,13-14H2;1H. The molecule has 0 amide bonds. The molecule has 0 aliphatic carbocycles. The van der Waals surface area contributed by atoms with Gasteiger partial charge < -0.3 is 4.84 Å². The van der Waals surface area contributed by atoms with Crippen molar-refractivity contribution in [3.63, 3.8) is 0 Å². The summed E-state index contributed by atoms with van der Waals surface area (Å²) in [5.41, 5.74) is 3.80. The van der Waals surface area contributed by atoms with E-state index in [1.165, 1.54) is 16.8 Å². The van der Waals surface area contributed by atoms with Gasteiger partial charge in [-0.2, -0.15) is 0 Å². The number of benzene rings is 2. The molecule has 0 saturated heterocycles. The minimum absolute atomic E-state index is 0. The van der Waals surface area contributed by atoms with Crippen molar-refractivity contribution in [3.8, 4) is 0 Å². The molecule has 1 aliphatic heterocycles. The third-order valence-corrected chi connectivity index (χ3v) is 3.68. The predicted molar refractivity (Wildman–Crippen MR) is 88.9 cm³/mol. The zero-order valence-electron chi connectivity index (χ0n) is 11.9. The van der Waals surface area contributed by atoms with Gasteiger partial charge in [-0.25, -0.2) is 0 Å². The lowest BCUT2D eigenvalue weighted by molar-refractivity contribution is 0.0857. The molecule has 1 unspecified atom stereocenters. The largest absolute Gasteiger partial charge is 0.387 e. The van der Waals surface area contributed by atoms with Crippen LogP contribution in [0.4, 0.5) is 0 Å². The zero-order valence-corrected chi connectivity index (χ0v) is 12.8. The number of rotatable bonds is 5. The van der Waals surface area contributed by atoms with Crippen LogP contribution in [0, 0.1) is 0 Å². The van der Waals surface area contributed by atoms with E-state index in [1.807, 2.05) is 18.2 Å². The van der Waals surface area contributed by atoms with Crippen molar-refractivity contribution in [1.82, 2.24) is 0 Å². The average Bonchev–Trinajstić information content (AvgIpc) is 2.98. The minimum Gasteiger partial charge on any atom is -0.387 e. The number of hydrogen-bond acceptors (Lipinski definition) is 2. The second kappa shape index (κ2) is 7.84. The Morgan fingerprint density at radius 2 is 1.57 bits per heavy atom. The van der Waals surface area contributed by atoms with Crippen molar-refractivity contribution in [2.45, 2.75) is 31.8 Å². The van der Waals surface area contributed by atoms with Gasteiger partial charge in [0.2, 0.25) is 0 Å². The van der Waals surface area contributed by atoms with Gasteiger partial charge in [0.15, 0.2) is 6.10 Å². The molecule has 110 valence electrons. The summed E-state index contributed by atoms with van der Waals surface area (Å²) in [6.45, 7) is 0. The molecule has 2 aromatic rings. The Balaban J connectivity index is 0.00000161. The third kappa shape index (κ3) is 4.33. The summed E-state index contributed by atoms with van der Waals surface area (Å²) >= 11 is 0. The first kappa shape index (κ1) is 15.6. The fraction of sp³-hybridized carbons (Fsp3) is 0.278. The van der Waals surface area contributed by atoms with Gasteiger partial charge >= 0.3 is 0 Å². The maximum Gasteiger partial charge on any atom is 0.157 e. The van der Waals surface area contributed by atoms with Crippen molar-refractivity contribution in [3.05, 3.63) is 71.8 Å². The summed E-state index contributed by atoms with van der Waals surface area (Å²) in [7, 11) is 0. The van der Waals surface area contributed by atoms with E-state index in [1.54, 1.807) is 0 Å². The molecule has 0 spiro atoms. The highest BCUT2D eigenvalue weighted by atomic mass is 35.5. The molecular formula is C18H20ClNO. The molecule has 2 aromatic carbocycles. The lowest BCUT2D eigenvalue weighted by Crippen LogP contribution is -2.00. The van der Waals surface area contributed by atoms with Gasteiger partial charge in [0, 0.05) is 6.42 Å². The van der Waals surface area contributed by atoms with Crippen molar-refractivity contribution < 1.29 is 4.84 Å². The zero-order chi connectivity index (χ0) is 13.6. The average molecular weight is 302 g/mol. The Morgan fingerprint density at radius 3 is 2.29 bits per heavy atom. The van der Waals surface area contributed by atoms with E-state index in [0.717, 1.165) is 25.7 Å². The molecular weight excluding hydrogens is 282 g/mol. The van der Waals surface area contributed by atoms with Crippen LogP contribution < -0.4 is 0 Å². The van der Waals surface area contributed by atoms with E-state index in [-0.39, 0.29) is 18.5 Å². The van der Waals surface area contributed by atoms with Crippen LogP contribution in [0.15, 0.2) is 65.8 Å². The van der Waals surface area contributed by atoms with Crippen LogP contribution >= 0.6 is 12.4 Å². The topological polar surface area (TPSA) is 21.6 Å². The van der Waals surface area contributed by atoms with Crippen molar-refractivity contribution >= 4 is 18.1 Å². The molecule has 21 heavy (non-hydrogen) atoms. The SMILES string of the molecule is Cl.c1ccc(CCCC2=NOC(c3ccccc3)C2)cc1. The Kier molecular flexibility index (Phi) is 5.82. The first-order chi connectivity index (χ1) is 9.92. The second-order valence-electron chi connectivity index (χ2n) is 5.21. The third-order valence-electron chi connectivity index (χ3n) is 3.68. The Bertz CT molecular complexity index is 568. The Hall–Kier alpha value is -1.80. The Morgan fingerprint density at radius 1 is 0.905 bits per heavy atom. The van der Waals surface area contributed by atoms with E-state index in [9.17, 15) is 0 Å². The number of hydrogen-bond donors (Lipinski definition) is 0. The fourth-order valence-corrected chi connectivity index (χ4v) is 2.56. The van der Waals surface area contributed by atoms with Gasteiger partial charge in [-0.15, -0.1) is 12.4 Å². The maximum atomic E-state index is 5.54. The van der Waals surface area contributed by atoms with Gasteiger partial charge in [0.05, 0.1) is 5.71 Å². The van der Waals surface area contributed by atoms with Crippen molar-refractivity contribution in [2.24, 2.45) is 5.16 Å². The van der Waals surface area contributed by atoms with Gasteiger partial charge in [0.25, 0.3) is 0 Å². The highest BCUT2D eigenvalue weighted by Gasteiger charge is 2.21. The van der Waals surface area contributed by atoms with Crippen LogP contribution in [0.5, 0.6) is 0 Å². The number of aryl methyl sites for hydroxylation is 1. The summed E-state index contributed by atoms with van der Waals surface area (Å²) in [6.07, 6.45) is 4.31. The lowest BCUT2D eigenvalue weighted by Gasteiger charge is -2.07. The van der Waals surface area contributed by atoms with Gasteiger partial charge in [-0.1, -0.05) is 65.8 Å². The molecule has 1 atom stereocenters. The summed E-state index contributed by atoms with van der Waals surface area (Å²) in [5, 5.41) is 4.24. The molecule has 0 aromatic heterocycles. The quantitative estimate of drug-likeness (QED) is 0.766. The summed E-state index contributed by atoms with van der Waals surface area (Å²) in [6, 6.07) is 20.9. The second-order valence-corrected chi connectivity index (χ2v) is 5.21. The molecule has 3 heteroatoms. The molecule has 2 nitrogen and oxygen atoms in total. The van der Waals surface area contributed by atoms with Crippen LogP contribution in [-0.2, 0) is 11.3 Å². The van der Waals surface area contributed by atoms with Crippen LogP contribution in [0.1, 0.15) is 36.5 Å². The highest BCUT2D eigenvalue weighted by Crippen LogP contribution is 2.28. The van der Waals surface area contributed by atoms with Gasteiger partial charge in [0.1, 0.15) is 0 Å². The van der Waals surface area contributed by atoms with Gasteiger partial charge in [-0.05, 0) is 30.4 Å². The first-order valence-electron chi connectivity index (χ1n) is 7.22. The molecule has 0 bridgehead atoms. The van der Waals surface area contributed by atoms with Gasteiger partial charge in [-0.3, -0.25) is 0 Å². The molecule has 3 rings (SSSR count). The lowest BCUT2D eigenvalue weighted by atomic mass is 10.0. The predicted octanol–water partition coefficient (Wildman–Crippen LogP) is 4.95. The van der Waals surface area contributed by atoms with Crippen LogP contribution in [0.25, 0.3) is 0 Å². The monoisotopic (exact) mass is 301 g/mol. The molecule has 0 radical (unpaired) electrons. The molecule has 0 N–H and O–H groups in total. The van der Waals surface area contributed by atoms with Crippen molar-refractivity contribution in [2.75, 3.05) is 0 Å². The van der Waals surface area contributed by atoms with Crippen LogP contribution in [-0.4, -0.2) is 5.71 Å². The van der Waals surface area contributed by atoms with Crippen LogP contribution in [0.3, 0.4) is 0 Å². The van der Waals surface area contributed by atoms with Crippen molar-refractivity contribution in [1.29, 1.82) is 0 Å². The normalized spacial score (nSPS) is 16.8. The van der Waals surface area contributed by atoms with E-state index in [4.69, 9.17) is 4.84 Å². The Labute approximate surface area is 132 Å². The molecule has 0 fully saturated rings. The van der Waals surface area contributed by atoms with E-state index < -0.39 is 0 Å². The van der Waals surface area contributed by atoms with E-state index >= 15 is 0 Å². The number of oxime groups is 1. The number of halogens is 1. The van der Waals surface area contributed by atoms with E-state index in [2.05, 4.69) is 47.6 Å². The van der Waals surface area contributed by atoms with E-state index in [0.29, 0.717) is 0 Å².